The first-order valence-corrected chi connectivity index (χ1v) is 20.0. The molecule has 282 valence electrons. The minimum absolute atomic E-state index is 0.0594. The number of allylic oxidation sites excluding steroid dienone is 1. The zero-order valence-corrected chi connectivity index (χ0v) is 32.2. The predicted octanol–water partition coefficient (Wildman–Crippen LogP) is 10.1. The van der Waals surface area contributed by atoms with Gasteiger partial charge < -0.3 is 25.7 Å². The van der Waals surface area contributed by atoms with Gasteiger partial charge in [0.05, 0.1) is 5.56 Å². The Hall–Kier alpha value is -3.74. The molecular weight excluding hydrogens is 649 g/mol. The van der Waals surface area contributed by atoms with Crippen molar-refractivity contribution in [1.82, 2.24) is 0 Å². The number of nitrogen functional groups attached to an aromatic ring is 2. The fraction of sp³-hybridized carbons (Fsp3) is 0.600. The summed E-state index contributed by atoms with van der Waals surface area (Å²) >= 11 is 0. The lowest BCUT2D eigenvalue weighted by Crippen LogP contribution is -2.51. The van der Waals surface area contributed by atoms with Crippen LogP contribution in [-0.2, 0) is 14.3 Å². The maximum Gasteiger partial charge on any atom is 0.338 e. The lowest BCUT2D eigenvalue weighted by atomic mass is 9.47. The van der Waals surface area contributed by atoms with Gasteiger partial charge in [0.15, 0.2) is 0 Å². The van der Waals surface area contributed by atoms with Crippen molar-refractivity contribution < 1.29 is 23.8 Å². The van der Waals surface area contributed by atoms with Gasteiger partial charge in [0.2, 0.25) is 0 Å². The number of hydrogen-bond donors (Lipinski definition) is 2. The van der Waals surface area contributed by atoms with Crippen molar-refractivity contribution in [1.29, 1.82) is 0 Å². The first kappa shape index (κ1) is 38.0. The number of hydrogen-bond acceptors (Lipinski definition) is 7. The first-order valence-electron chi connectivity index (χ1n) is 20.0. The molecule has 7 nitrogen and oxygen atoms in total. The number of benzene rings is 2. The zero-order chi connectivity index (χ0) is 37.0. The first-order chi connectivity index (χ1) is 24.9. The van der Waals surface area contributed by atoms with Gasteiger partial charge in [-0.15, -0.1) is 0 Å². The molecule has 2 aromatic carbocycles. The normalized spacial score (nSPS) is 30.2. The van der Waals surface area contributed by atoms with Gasteiger partial charge in [-0.3, -0.25) is 0 Å². The summed E-state index contributed by atoms with van der Waals surface area (Å²) < 4.78 is 16.9. The number of nitrogens with two attached hydrogens (primary N) is 2. The lowest BCUT2D eigenvalue weighted by Gasteiger charge is -2.58. The maximum absolute atomic E-state index is 12.2. The molecule has 4 N–H and O–H groups in total. The van der Waals surface area contributed by atoms with Crippen molar-refractivity contribution in [2.45, 2.75) is 111 Å². The summed E-state index contributed by atoms with van der Waals surface area (Å²) in [5.74, 6) is 4.86. The fourth-order valence-electron chi connectivity index (χ4n) is 11.0. The van der Waals surface area contributed by atoms with Crippen LogP contribution in [0.3, 0.4) is 0 Å². The smallest absolute Gasteiger partial charge is 0.338 e. The molecule has 3 fully saturated rings. The number of carbonyl (C=O) groups excluding carboxylic acids is 2. The van der Waals surface area contributed by atoms with E-state index in [0.29, 0.717) is 22.2 Å². The van der Waals surface area contributed by atoms with Crippen molar-refractivity contribution in [3.8, 4) is 5.75 Å². The highest BCUT2D eigenvalue weighted by Gasteiger charge is 2.59. The van der Waals surface area contributed by atoms with Crippen LogP contribution in [-0.4, -0.2) is 31.3 Å². The third-order valence-corrected chi connectivity index (χ3v) is 13.6. The Balaban J connectivity index is 0.962. The van der Waals surface area contributed by atoms with Crippen LogP contribution >= 0.6 is 0 Å². The molecule has 3 saturated carbocycles. The second kappa shape index (κ2) is 16.1. The lowest BCUT2D eigenvalue weighted by molar-refractivity contribution is -0.138. The third-order valence-electron chi connectivity index (χ3n) is 13.6. The molecule has 0 heterocycles. The molecule has 52 heavy (non-hydrogen) atoms. The largest absolute Gasteiger partial charge is 0.490 e. The Labute approximate surface area is 311 Å². The van der Waals surface area contributed by atoms with Crippen molar-refractivity contribution >= 4 is 29.4 Å². The van der Waals surface area contributed by atoms with Crippen LogP contribution in [0.4, 0.5) is 11.4 Å². The monoisotopic (exact) mass is 710 g/mol. The van der Waals surface area contributed by atoms with Gasteiger partial charge in [0, 0.05) is 23.9 Å². The van der Waals surface area contributed by atoms with Gasteiger partial charge in [-0.2, -0.15) is 0 Å². The predicted molar refractivity (Wildman–Crippen MR) is 209 cm³/mol. The SMILES string of the molecule is CC(C)CCC[C@@H](C)[C@H]1CCC2C3CC=C4CC(Oc5ccc(C=CC(=O)OCCOC(=O)c6cc(N)cc(N)c6)cc5)CC[C@]4(C)C3CC[C@@]21C. The standard InChI is InChI=1S/C45H62N2O5/c1-29(2)7-6-8-30(3)39-16-17-40-38-15-12-33-27-37(19-21-44(33,4)41(38)20-22-45(39,40)5)52-36-13-9-31(10-14-36)11-18-42(48)50-23-24-51-43(49)32-25-34(46)28-35(47)26-32/h9-14,18,25-26,28-30,37-41H,6-8,15-17,19-24,27,46-47H2,1-5H3/t30-,37?,38?,39-,40?,41?,44+,45-/m1/s1. The Morgan fingerprint density at radius 1 is 0.885 bits per heavy atom. The molecule has 0 spiro atoms. The Bertz CT molecular complexity index is 1610. The Kier molecular flexibility index (Phi) is 11.8. The average molecular weight is 711 g/mol. The van der Waals surface area contributed by atoms with Gasteiger partial charge in [-0.05, 0) is 133 Å². The quantitative estimate of drug-likeness (QED) is 0.0699. The molecule has 4 aliphatic rings. The van der Waals surface area contributed by atoms with E-state index in [1.54, 1.807) is 17.7 Å². The molecule has 6 rings (SSSR count). The highest BCUT2D eigenvalue weighted by atomic mass is 16.6. The highest BCUT2D eigenvalue weighted by molar-refractivity contribution is 5.91. The van der Waals surface area contributed by atoms with Gasteiger partial charge in [-0.1, -0.05) is 77.7 Å². The topological polar surface area (TPSA) is 114 Å². The third kappa shape index (κ3) is 8.39. The fourth-order valence-corrected chi connectivity index (χ4v) is 11.0. The second-order valence-corrected chi connectivity index (χ2v) is 17.4. The molecule has 0 aromatic heterocycles. The summed E-state index contributed by atoms with van der Waals surface area (Å²) in [6.45, 7) is 12.4. The molecule has 0 bridgehead atoms. The summed E-state index contributed by atoms with van der Waals surface area (Å²) in [6, 6.07) is 12.4. The van der Waals surface area contributed by atoms with Crippen LogP contribution < -0.4 is 16.2 Å². The van der Waals surface area contributed by atoms with Crippen LogP contribution in [0, 0.1) is 46.3 Å². The van der Waals surface area contributed by atoms with E-state index in [0.717, 1.165) is 59.7 Å². The van der Waals surface area contributed by atoms with E-state index < -0.39 is 11.9 Å². The molecule has 0 radical (unpaired) electrons. The minimum atomic E-state index is -0.578. The van der Waals surface area contributed by atoms with E-state index in [-0.39, 0.29) is 24.9 Å². The number of rotatable bonds is 13. The molecular formula is C45H62N2O5. The molecule has 4 aliphatic carbocycles. The van der Waals surface area contributed by atoms with Gasteiger partial charge in [0.1, 0.15) is 25.1 Å². The van der Waals surface area contributed by atoms with Crippen LogP contribution in [0.1, 0.15) is 121 Å². The van der Waals surface area contributed by atoms with Crippen LogP contribution in [0.25, 0.3) is 6.08 Å². The van der Waals surface area contributed by atoms with Crippen molar-refractivity contribution in [3.05, 3.63) is 71.3 Å². The summed E-state index contributed by atoms with van der Waals surface area (Å²) in [7, 11) is 0. The zero-order valence-electron chi connectivity index (χ0n) is 32.2. The summed E-state index contributed by atoms with van der Waals surface area (Å²) in [5, 5.41) is 0. The summed E-state index contributed by atoms with van der Waals surface area (Å²) in [5.41, 5.74) is 15.8. The second-order valence-electron chi connectivity index (χ2n) is 17.4. The van der Waals surface area contributed by atoms with Crippen LogP contribution in [0.2, 0.25) is 0 Å². The average Bonchev–Trinajstić information content (AvgIpc) is 3.46. The van der Waals surface area contributed by atoms with E-state index in [2.05, 4.69) is 40.7 Å². The van der Waals surface area contributed by atoms with Crippen LogP contribution in [0.5, 0.6) is 5.75 Å². The number of fused-ring (bicyclic) bond motifs is 5. The van der Waals surface area contributed by atoms with Gasteiger partial charge in [-0.25, -0.2) is 9.59 Å². The Morgan fingerprint density at radius 3 is 2.35 bits per heavy atom. The maximum atomic E-state index is 12.2. The molecule has 8 atom stereocenters. The van der Waals surface area contributed by atoms with E-state index in [1.165, 1.54) is 76.0 Å². The molecule has 2 aromatic rings. The molecule has 0 aliphatic heterocycles. The minimum Gasteiger partial charge on any atom is -0.490 e. The number of esters is 2. The molecule has 0 saturated heterocycles. The Morgan fingerprint density at radius 2 is 1.62 bits per heavy atom. The van der Waals surface area contributed by atoms with Crippen molar-refractivity contribution in [2.75, 3.05) is 24.7 Å². The summed E-state index contributed by atoms with van der Waals surface area (Å²) in [6.07, 6.45) is 20.3. The molecule has 0 amide bonds. The van der Waals surface area contributed by atoms with E-state index in [4.69, 9.17) is 25.7 Å². The van der Waals surface area contributed by atoms with E-state index in [1.807, 2.05) is 24.3 Å². The van der Waals surface area contributed by atoms with Crippen molar-refractivity contribution in [2.24, 2.45) is 46.3 Å². The van der Waals surface area contributed by atoms with Gasteiger partial charge >= 0.3 is 11.9 Å². The number of anilines is 2. The van der Waals surface area contributed by atoms with Crippen LogP contribution in [0.15, 0.2) is 60.2 Å². The molecule has 7 heteroatoms. The number of ether oxygens (including phenoxy) is 3. The van der Waals surface area contributed by atoms with E-state index in [9.17, 15) is 9.59 Å². The highest BCUT2D eigenvalue weighted by Crippen LogP contribution is 2.67. The molecule has 4 unspecified atom stereocenters. The van der Waals surface area contributed by atoms with Crippen molar-refractivity contribution in [3.63, 3.8) is 0 Å². The van der Waals surface area contributed by atoms with E-state index >= 15 is 0 Å². The number of carbonyl (C=O) groups is 2. The summed E-state index contributed by atoms with van der Waals surface area (Å²) in [4.78, 5) is 24.4. The van der Waals surface area contributed by atoms with Gasteiger partial charge in [0.25, 0.3) is 0 Å².